The van der Waals surface area contributed by atoms with Crippen LogP contribution < -0.4 is 10.1 Å². The first kappa shape index (κ1) is 16.8. The summed E-state index contributed by atoms with van der Waals surface area (Å²) in [7, 11) is 1.57. The number of nitrogens with zero attached hydrogens (tertiary/aromatic N) is 1. The highest BCUT2D eigenvalue weighted by Crippen LogP contribution is 2.29. The summed E-state index contributed by atoms with van der Waals surface area (Å²) in [6.07, 6.45) is 0.955. The molecule has 0 saturated carbocycles. The van der Waals surface area contributed by atoms with E-state index in [1.54, 1.807) is 31.4 Å². The summed E-state index contributed by atoms with van der Waals surface area (Å²) in [5.74, 6) is 0.524. The number of thioether (sulfide) groups is 1. The van der Waals surface area contributed by atoms with E-state index in [0.717, 1.165) is 6.42 Å². The zero-order valence-corrected chi connectivity index (χ0v) is 14.1. The minimum atomic E-state index is -0.159. The summed E-state index contributed by atoms with van der Waals surface area (Å²) < 4.78 is 5.67. The first-order valence-corrected chi connectivity index (χ1v) is 8.29. The number of carbonyl (C=O) groups is 2. The van der Waals surface area contributed by atoms with Crippen molar-refractivity contribution in [3.05, 3.63) is 24.3 Å². The summed E-state index contributed by atoms with van der Waals surface area (Å²) in [5.41, 5.74) is 0.667. The molecule has 0 radical (unpaired) electrons. The molecule has 1 atom stereocenters. The van der Waals surface area contributed by atoms with Crippen molar-refractivity contribution < 1.29 is 14.3 Å². The van der Waals surface area contributed by atoms with E-state index in [-0.39, 0.29) is 23.5 Å². The molecule has 118 valence electrons. The van der Waals surface area contributed by atoms with Crippen LogP contribution in [0.5, 0.6) is 5.75 Å². The van der Waals surface area contributed by atoms with Crippen molar-refractivity contribution in [3.8, 4) is 5.75 Å². The molecule has 1 aliphatic rings. The highest BCUT2D eigenvalue weighted by Gasteiger charge is 2.35. The molecule has 1 fully saturated rings. The molecule has 1 aromatic carbocycles. The number of thiocarbonyl (C=S) groups is 1. The van der Waals surface area contributed by atoms with Crippen molar-refractivity contribution in [2.24, 2.45) is 0 Å². The molecular formula is C15H18N2O3S2. The van der Waals surface area contributed by atoms with E-state index in [1.807, 2.05) is 6.92 Å². The molecule has 2 rings (SSSR count). The maximum absolute atomic E-state index is 12.1. The molecule has 0 aromatic heterocycles. The number of nitrogens with one attached hydrogen (secondary N) is 1. The molecule has 0 spiro atoms. The monoisotopic (exact) mass is 338 g/mol. The highest BCUT2D eigenvalue weighted by molar-refractivity contribution is 8.24. The minimum Gasteiger partial charge on any atom is -0.497 e. The van der Waals surface area contributed by atoms with E-state index in [0.29, 0.717) is 22.3 Å². The Morgan fingerprint density at radius 2 is 2.27 bits per heavy atom. The van der Waals surface area contributed by atoms with Crippen LogP contribution in [0.25, 0.3) is 0 Å². The van der Waals surface area contributed by atoms with Gasteiger partial charge in [0.15, 0.2) is 0 Å². The van der Waals surface area contributed by atoms with Crippen molar-refractivity contribution in [1.82, 2.24) is 4.90 Å². The number of ether oxygens (including phenoxy) is 1. The number of benzene rings is 1. The fourth-order valence-electron chi connectivity index (χ4n) is 2.10. The smallest absolute Gasteiger partial charge is 0.241 e. The van der Waals surface area contributed by atoms with Crippen LogP contribution in [0.4, 0.5) is 5.69 Å². The van der Waals surface area contributed by atoms with Gasteiger partial charge in [-0.25, -0.2) is 0 Å². The molecule has 0 aliphatic carbocycles. The maximum Gasteiger partial charge on any atom is 0.241 e. The van der Waals surface area contributed by atoms with Gasteiger partial charge >= 0.3 is 0 Å². The Morgan fingerprint density at radius 1 is 1.50 bits per heavy atom. The lowest BCUT2D eigenvalue weighted by Gasteiger charge is -2.15. The first-order valence-electron chi connectivity index (χ1n) is 7.01. The number of methoxy groups -OCH3 is 1. The molecule has 1 aromatic rings. The largest absolute Gasteiger partial charge is 0.497 e. The SMILES string of the molecule is CCC1SC(=S)N(CCC(=O)Nc2cccc(OC)c2)C1=O. The fraction of sp³-hybridized carbons (Fsp3) is 0.400. The van der Waals surface area contributed by atoms with E-state index in [1.165, 1.54) is 16.7 Å². The number of hydrogen-bond donors (Lipinski definition) is 1. The van der Waals surface area contributed by atoms with Crippen molar-refractivity contribution >= 4 is 45.8 Å². The Labute approximate surface area is 139 Å². The van der Waals surface area contributed by atoms with Gasteiger partial charge in [0.1, 0.15) is 10.1 Å². The molecule has 5 nitrogen and oxygen atoms in total. The molecule has 1 saturated heterocycles. The van der Waals surface area contributed by atoms with Crippen molar-refractivity contribution in [2.75, 3.05) is 19.0 Å². The molecule has 1 N–H and O–H groups in total. The summed E-state index contributed by atoms with van der Waals surface area (Å²) in [6.45, 7) is 2.27. The normalized spacial score (nSPS) is 17.7. The molecular weight excluding hydrogens is 320 g/mol. The van der Waals surface area contributed by atoms with Gasteiger partial charge in [0, 0.05) is 24.7 Å². The third kappa shape index (κ3) is 3.98. The van der Waals surface area contributed by atoms with Gasteiger partial charge in [0.05, 0.1) is 12.4 Å². The molecule has 7 heteroatoms. The van der Waals surface area contributed by atoms with Crippen LogP contribution in [0.3, 0.4) is 0 Å². The van der Waals surface area contributed by atoms with Gasteiger partial charge in [-0.05, 0) is 18.6 Å². The van der Waals surface area contributed by atoms with Crippen LogP contribution in [-0.4, -0.2) is 39.9 Å². The summed E-state index contributed by atoms with van der Waals surface area (Å²) in [5, 5.41) is 2.69. The van der Waals surface area contributed by atoms with Crippen LogP contribution in [-0.2, 0) is 9.59 Å². The number of anilines is 1. The second-order valence-electron chi connectivity index (χ2n) is 4.80. The summed E-state index contributed by atoms with van der Waals surface area (Å²) in [6, 6.07) is 7.14. The zero-order chi connectivity index (χ0) is 16.1. The van der Waals surface area contributed by atoms with Gasteiger partial charge < -0.3 is 10.1 Å². The van der Waals surface area contributed by atoms with Gasteiger partial charge in [-0.15, -0.1) is 0 Å². The third-order valence-electron chi connectivity index (χ3n) is 3.29. The summed E-state index contributed by atoms with van der Waals surface area (Å²) >= 11 is 6.60. The quantitative estimate of drug-likeness (QED) is 0.808. The predicted octanol–water partition coefficient (Wildman–Crippen LogP) is 2.66. The topological polar surface area (TPSA) is 58.6 Å². The molecule has 0 bridgehead atoms. The van der Waals surface area contributed by atoms with E-state index < -0.39 is 0 Å². The second-order valence-corrected chi connectivity index (χ2v) is 6.64. The number of amides is 2. The van der Waals surface area contributed by atoms with Crippen LogP contribution in [0.2, 0.25) is 0 Å². The van der Waals surface area contributed by atoms with Gasteiger partial charge in [0.2, 0.25) is 11.8 Å². The number of hydrogen-bond acceptors (Lipinski definition) is 5. The lowest BCUT2D eigenvalue weighted by atomic mass is 10.2. The molecule has 1 aliphatic heterocycles. The average Bonchev–Trinajstić information content (AvgIpc) is 2.79. The summed E-state index contributed by atoms with van der Waals surface area (Å²) in [4.78, 5) is 25.6. The molecule has 1 heterocycles. The standard InChI is InChI=1S/C15H18N2O3S2/c1-3-12-14(19)17(15(21)22-12)8-7-13(18)16-10-5-4-6-11(9-10)20-2/h4-6,9,12H,3,7-8H2,1-2H3,(H,16,18). The van der Waals surface area contributed by atoms with E-state index in [4.69, 9.17) is 17.0 Å². The van der Waals surface area contributed by atoms with Crippen LogP contribution in [0.1, 0.15) is 19.8 Å². The zero-order valence-electron chi connectivity index (χ0n) is 12.5. The molecule has 1 unspecified atom stereocenters. The van der Waals surface area contributed by atoms with Crippen LogP contribution in [0.15, 0.2) is 24.3 Å². The van der Waals surface area contributed by atoms with Gasteiger partial charge in [-0.2, -0.15) is 0 Å². The maximum atomic E-state index is 12.1. The minimum absolute atomic E-state index is 0.00619. The Kier molecular flexibility index (Phi) is 5.79. The molecule has 22 heavy (non-hydrogen) atoms. The Hall–Kier alpha value is -1.60. The number of rotatable bonds is 6. The predicted molar refractivity (Wildman–Crippen MR) is 92.2 cm³/mol. The molecule has 2 amide bonds. The van der Waals surface area contributed by atoms with Gasteiger partial charge in [0.25, 0.3) is 0 Å². The van der Waals surface area contributed by atoms with E-state index in [2.05, 4.69) is 5.32 Å². The van der Waals surface area contributed by atoms with Gasteiger partial charge in [-0.3, -0.25) is 14.5 Å². The fourth-order valence-corrected chi connectivity index (χ4v) is 3.57. The van der Waals surface area contributed by atoms with E-state index >= 15 is 0 Å². The van der Waals surface area contributed by atoms with Crippen molar-refractivity contribution in [2.45, 2.75) is 25.0 Å². The highest BCUT2D eigenvalue weighted by atomic mass is 32.2. The van der Waals surface area contributed by atoms with Crippen LogP contribution >= 0.6 is 24.0 Å². The Balaban J connectivity index is 1.87. The average molecular weight is 338 g/mol. The third-order valence-corrected chi connectivity index (χ3v) is 5.04. The lowest BCUT2D eigenvalue weighted by molar-refractivity contribution is -0.126. The van der Waals surface area contributed by atoms with E-state index in [9.17, 15) is 9.59 Å². The lowest BCUT2D eigenvalue weighted by Crippen LogP contribution is -2.33. The Morgan fingerprint density at radius 3 is 2.91 bits per heavy atom. The second kappa shape index (κ2) is 7.60. The first-order chi connectivity index (χ1) is 10.5. The Bertz CT molecular complexity index is 592. The van der Waals surface area contributed by atoms with Crippen LogP contribution in [0, 0.1) is 0 Å². The van der Waals surface area contributed by atoms with Gasteiger partial charge in [-0.1, -0.05) is 37.0 Å². The number of carbonyl (C=O) groups excluding carboxylic acids is 2. The van der Waals surface area contributed by atoms with Crippen molar-refractivity contribution in [1.29, 1.82) is 0 Å². The van der Waals surface area contributed by atoms with Crippen molar-refractivity contribution in [3.63, 3.8) is 0 Å².